The van der Waals surface area contributed by atoms with Crippen molar-refractivity contribution in [2.75, 3.05) is 12.3 Å². The number of sulfonamides is 1. The van der Waals surface area contributed by atoms with E-state index in [1.54, 1.807) is 13.0 Å². The zero-order valence-corrected chi connectivity index (χ0v) is 8.34. The second-order valence-corrected chi connectivity index (χ2v) is 4.61. The lowest BCUT2D eigenvalue weighted by molar-refractivity contribution is 0.182. The summed E-state index contributed by atoms with van der Waals surface area (Å²) in [6.07, 6.45) is 0.706. The summed E-state index contributed by atoms with van der Waals surface area (Å²) in [5.41, 5.74) is 0. The summed E-state index contributed by atoms with van der Waals surface area (Å²) < 4.78 is 24.0. The Bertz CT molecular complexity index is 266. The first-order valence-electron chi connectivity index (χ1n) is 4.00. The largest absolute Gasteiger partial charge is 0.393 e. The van der Waals surface area contributed by atoms with Gasteiger partial charge < -0.3 is 5.11 Å². The first kappa shape index (κ1) is 12.4. The monoisotopic (exact) mass is 206 g/mol. The van der Waals surface area contributed by atoms with Crippen LogP contribution in [0.1, 0.15) is 19.8 Å². The molecule has 0 bridgehead atoms. The lowest BCUT2D eigenvalue weighted by atomic mass is 10.2. The molecule has 0 fully saturated rings. The molecule has 13 heavy (non-hydrogen) atoms. The van der Waals surface area contributed by atoms with Gasteiger partial charge in [-0.2, -0.15) is 5.26 Å². The smallest absolute Gasteiger partial charge is 0.225 e. The Hall–Kier alpha value is -0.640. The summed E-state index contributed by atoms with van der Waals surface area (Å²) in [4.78, 5) is 0. The van der Waals surface area contributed by atoms with E-state index in [0.717, 1.165) is 0 Å². The van der Waals surface area contributed by atoms with Crippen LogP contribution in [0.3, 0.4) is 0 Å². The van der Waals surface area contributed by atoms with Crippen molar-refractivity contribution in [3.8, 4) is 6.07 Å². The van der Waals surface area contributed by atoms with Crippen LogP contribution in [0, 0.1) is 11.3 Å². The van der Waals surface area contributed by atoms with Crippen molar-refractivity contribution in [2.45, 2.75) is 25.9 Å². The standard InChI is InChI=1S/C7H14N2O3S/c1-7(10)3-2-5-9-13(11,12)6-4-8/h7,9-10H,2-3,5-6H2,1H3. The van der Waals surface area contributed by atoms with Gasteiger partial charge in [0.05, 0.1) is 12.2 Å². The van der Waals surface area contributed by atoms with Crippen LogP contribution in [-0.4, -0.2) is 31.9 Å². The number of nitrogens with one attached hydrogen (secondary N) is 1. The predicted molar refractivity (Wildman–Crippen MR) is 48.3 cm³/mol. The summed E-state index contributed by atoms with van der Waals surface area (Å²) >= 11 is 0. The van der Waals surface area contributed by atoms with Crippen molar-refractivity contribution in [1.29, 1.82) is 5.26 Å². The molecule has 0 aromatic heterocycles. The molecule has 5 nitrogen and oxygen atoms in total. The van der Waals surface area contributed by atoms with E-state index in [1.807, 2.05) is 0 Å². The minimum atomic E-state index is -3.42. The number of aliphatic hydroxyl groups is 1. The lowest BCUT2D eigenvalue weighted by Crippen LogP contribution is -2.27. The van der Waals surface area contributed by atoms with Crippen molar-refractivity contribution in [2.24, 2.45) is 0 Å². The maximum atomic E-state index is 10.9. The first-order valence-corrected chi connectivity index (χ1v) is 5.65. The zero-order chi connectivity index (χ0) is 10.3. The average Bonchev–Trinajstić information content (AvgIpc) is 1.98. The van der Waals surface area contributed by atoms with Crippen molar-refractivity contribution >= 4 is 10.0 Å². The number of nitriles is 1. The maximum absolute atomic E-state index is 10.9. The van der Waals surface area contributed by atoms with Crippen LogP contribution < -0.4 is 4.72 Å². The zero-order valence-electron chi connectivity index (χ0n) is 7.52. The molecule has 0 spiro atoms. The van der Waals surface area contributed by atoms with Crippen LogP contribution in [0.5, 0.6) is 0 Å². The Morgan fingerprint density at radius 3 is 2.69 bits per heavy atom. The summed E-state index contributed by atoms with van der Waals surface area (Å²) in [5.74, 6) is -0.512. The highest BCUT2D eigenvalue weighted by molar-refractivity contribution is 7.89. The lowest BCUT2D eigenvalue weighted by Gasteiger charge is -2.04. The Morgan fingerprint density at radius 1 is 1.62 bits per heavy atom. The predicted octanol–water partition coefficient (Wildman–Crippen LogP) is -0.410. The second-order valence-electron chi connectivity index (χ2n) is 2.80. The van der Waals surface area contributed by atoms with E-state index in [4.69, 9.17) is 10.4 Å². The molecule has 0 heterocycles. The van der Waals surface area contributed by atoms with Crippen molar-refractivity contribution < 1.29 is 13.5 Å². The van der Waals surface area contributed by atoms with Gasteiger partial charge in [-0.1, -0.05) is 0 Å². The fourth-order valence-corrected chi connectivity index (χ4v) is 1.49. The van der Waals surface area contributed by atoms with Crippen LogP contribution in [0.25, 0.3) is 0 Å². The van der Waals surface area contributed by atoms with Gasteiger partial charge in [0.15, 0.2) is 5.75 Å². The van der Waals surface area contributed by atoms with Crippen LogP contribution in [0.15, 0.2) is 0 Å². The molecular weight excluding hydrogens is 192 g/mol. The molecule has 2 N–H and O–H groups in total. The molecule has 0 aromatic rings. The number of hydrogen-bond acceptors (Lipinski definition) is 4. The van der Waals surface area contributed by atoms with Crippen molar-refractivity contribution in [3.63, 3.8) is 0 Å². The molecule has 0 aliphatic carbocycles. The summed E-state index contributed by atoms with van der Waals surface area (Å²) in [5, 5.41) is 17.0. The van der Waals surface area contributed by atoms with Gasteiger partial charge in [0.1, 0.15) is 0 Å². The Morgan fingerprint density at radius 2 is 2.23 bits per heavy atom. The number of nitrogens with zero attached hydrogens (tertiary/aromatic N) is 1. The summed E-state index contributed by atoms with van der Waals surface area (Å²) in [6, 6.07) is 1.56. The third kappa shape index (κ3) is 7.71. The molecule has 0 rings (SSSR count). The highest BCUT2D eigenvalue weighted by Gasteiger charge is 2.07. The van der Waals surface area contributed by atoms with Crippen LogP contribution in [0.2, 0.25) is 0 Å². The van der Waals surface area contributed by atoms with Crippen LogP contribution in [0.4, 0.5) is 0 Å². The van der Waals surface area contributed by atoms with E-state index in [0.29, 0.717) is 12.8 Å². The van der Waals surface area contributed by atoms with Gasteiger partial charge >= 0.3 is 0 Å². The number of hydrogen-bond donors (Lipinski definition) is 2. The number of rotatable bonds is 6. The summed E-state index contributed by atoms with van der Waals surface area (Å²) in [7, 11) is -3.42. The maximum Gasteiger partial charge on any atom is 0.225 e. The molecule has 1 unspecified atom stereocenters. The van der Waals surface area contributed by atoms with Gasteiger partial charge in [0.25, 0.3) is 0 Å². The van der Waals surface area contributed by atoms with Crippen molar-refractivity contribution in [3.05, 3.63) is 0 Å². The molecule has 0 aromatic carbocycles. The molecule has 0 amide bonds. The molecular formula is C7H14N2O3S. The molecule has 0 saturated carbocycles. The highest BCUT2D eigenvalue weighted by atomic mass is 32.2. The fourth-order valence-electron chi connectivity index (χ4n) is 0.761. The van der Waals surface area contributed by atoms with Crippen molar-refractivity contribution in [1.82, 2.24) is 4.72 Å². The Labute approximate surface area is 78.4 Å². The Kier molecular flexibility index (Phi) is 5.62. The molecule has 0 aliphatic rings. The van der Waals surface area contributed by atoms with Gasteiger partial charge in [-0.25, -0.2) is 13.1 Å². The van der Waals surface area contributed by atoms with Gasteiger partial charge in [0, 0.05) is 6.54 Å². The van der Waals surface area contributed by atoms with E-state index < -0.39 is 21.9 Å². The third-order valence-electron chi connectivity index (χ3n) is 1.38. The van der Waals surface area contributed by atoms with Crippen LogP contribution in [-0.2, 0) is 10.0 Å². The van der Waals surface area contributed by atoms with E-state index in [2.05, 4.69) is 4.72 Å². The molecule has 0 aliphatic heterocycles. The van der Waals surface area contributed by atoms with E-state index in [-0.39, 0.29) is 6.54 Å². The average molecular weight is 206 g/mol. The minimum Gasteiger partial charge on any atom is -0.393 e. The third-order valence-corrected chi connectivity index (χ3v) is 2.53. The first-order chi connectivity index (χ1) is 5.98. The molecule has 1 atom stereocenters. The fraction of sp³-hybridized carbons (Fsp3) is 0.857. The molecule has 0 radical (unpaired) electrons. The molecule has 6 heteroatoms. The minimum absolute atomic E-state index is 0.273. The molecule has 0 saturated heterocycles. The van der Waals surface area contributed by atoms with E-state index >= 15 is 0 Å². The van der Waals surface area contributed by atoms with Gasteiger partial charge in [-0.15, -0.1) is 0 Å². The molecule has 76 valence electrons. The second kappa shape index (κ2) is 5.91. The number of aliphatic hydroxyl groups excluding tert-OH is 1. The van der Waals surface area contributed by atoms with E-state index in [1.165, 1.54) is 0 Å². The SMILES string of the molecule is CC(O)CCCNS(=O)(=O)CC#N. The van der Waals surface area contributed by atoms with Crippen LogP contribution >= 0.6 is 0 Å². The topological polar surface area (TPSA) is 90.2 Å². The quantitative estimate of drug-likeness (QED) is 0.578. The van der Waals surface area contributed by atoms with Gasteiger partial charge in [-0.3, -0.25) is 0 Å². The van der Waals surface area contributed by atoms with Gasteiger partial charge in [-0.05, 0) is 19.8 Å². The van der Waals surface area contributed by atoms with E-state index in [9.17, 15) is 8.42 Å². The summed E-state index contributed by atoms with van der Waals surface area (Å²) in [6.45, 7) is 1.92. The highest BCUT2D eigenvalue weighted by Crippen LogP contribution is 1.94. The normalized spacial score (nSPS) is 13.6. The Balaban J connectivity index is 3.60. The van der Waals surface area contributed by atoms with Gasteiger partial charge in [0.2, 0.25) is 10.0 Å².